The van der Waals surface area contributed by atoms with Crippen LogP contribution < -0.4 is 4.74 Å². The van der Waals surface area contributed by atoms with E-state index in [1.54, 1.807) is 19.4 Å². The highest BCUT2D eigenvalue weighted by molar-refractivity contribution is 9.10. The average molecular weight is 324 g/mol. The summed E-state index contributed by atoms with van der Waals surface area (Å²) in [4.78, 5) is 16.0. The van der Waals surface area contributed by atoms with Crippen molar-refractivity contribution in [3.63, 3.8) is 0 Å². The molecule has 1 aliphatic heterocycles. The van der Waals surface area contributed by atoms with Gasteiger partial charge in [0.1, 0.15) is 5.75 Å². The van der Waals surface area contributed by atoms with Crippen LogP contribution in [0, 0.1) is 5.92 Å². The molecule has 0 saturated heterocycles. The van der Waals surface area contributed by atoms with Gasteiger partial charge in [-0.1, -0.05) is 13.0 Å². The number of aliphatic imine (C=N–C) groups is 1. The molecule has 0 bridgehead atoms. The van der Waals surface area contributed by atoms with Crippen molar-refractivity contribution in [2.75, 3.05) is 13.9 Å². The molecule has 19 heavy (non-hydrogen) atoms. The first-order chi connectivity index (χ1) is 9.11. The van der Waals surface area contributed by atoms with Crippen molar-refractivity contribution in [3.8, 4) is 5.75 Å². The quantitative estimate of drug-likeness (QED) is 0.800. The molecule has 1 atom stereocenters. The van der Waals surface area contributed by atoms with Crippen LogP contribution in [0.15, 0.2) is 33.7 Å². The Morgan fingerprint density at radius 2 is 2.21 bits per heavy atom. The van der Waals surface area contributed by atoms with E-state index in [1.165, 1.54) is 0 Å². The SMILES string of the molecule is COCOc1cc(C2=CC(=O)C(C)C=N2)ccc1Br. The van der Waals surface area contributed by atoms with E-state index >= 15 is 0 Å². The van der Waals surface area contributed by atoms with Gasteiger partial charge in [0.05, 0.1) is 16.1 Å². The van der Waals surface area contributed by atoms with E-state index in [0.717, 1.165) is 10.0 Å². The normalized spacial score (nSPS) is 18.4. The molecule has 100 valence electrons. The molecular formula is C14H14BrNO3. The van der Waals surface area contributed by atoms with Crippen molar-refractivity contribution >= 4 is 33.6 Å². The van der Waals surface area contributed by atoms with Gasteiger partial charge < -0.3 is 9.47 Å². The molecule has 1 aromatic rings. The highest BCUT2D eigenvalue weighted by Crippen LogP contribution is 2.30. The monoisotopic (exact) mass is 323 g/mol. The van der Waals surface area contributed by atoms with Gasteiger partial charge in [-0.25, -0.2) is 0 Å². The molecule has 4 nitrogen and oxygen atoms in total. The van der Waals surface area contributed by atoms with Crippen LogP contribution in [0.4, 0.5) is 0 Å². The number of ketones is 1. The van der Waals surface area contributed by atoms with E-state index in [2.05, 4.69) is 20.9 Å². The Morgan fingerprint density at radius 3 is 2.89 bits per heavy atom. The second kappa shape index (κ2) is 6.12. The first-order valence-corrected chi connectivity index (χ1v) is 6.62. The Balaban J connectivity index is 2.28. The van der Waals surface area contributed by atoms with Crippen LogP contribution in [0.25, 0.3) is 5.70 Å². The summed E-state index contributed by atoms with van der Waals surface area (Å²) in [5, 5.41) is 0. The molecule has 0 radical (unpaired) electrons. The van der Waals surface area contributed by atoms with Gasteiger partial charge in [-0.15, -0.1) is 0 Å². The predicted octanol–water partition coefficient (Wildman–Crippen LogP) is 3.06. The lowest BCUT2D eigenvalue weighted by Gasteiger charge is -2.12. The smallest absolute Gasteiger partial charge is 0.188 e. The minimum atomic E-state index is -0.150. The number of halogens is 1. The Kier molecular flexibility index (Phi) is 4.50. The molecule has 1 unspecified atom stereocenters. The first-order valence-electron chi connectivity index (χ1n) is 5.83. The van der Waals surface area contributed by atoms with Gasteiger partial charge in [-0.3, -0.25) is 9.79 Å². The Labute approximate surface area is 120 Å². The fraction of sp³-hybridized carbons (Fsp3) is 0.286. The van der Waals surface area contributed by atoms with E-state index in [0.29, 0.717) is 11.4 Å². The molecule has 2 rings (SSSR count). The topological polar surface area (TPSA) is 47.9 Å². The third kappa shape index (κ3) is 3.30. The molecule has 0 fully saturated rings. The minimum absolute atomic E-state index is 0.0623. The number of nitrogens with zero attached hydrogens (tertiary/aromatic N) is 1. The van der Waals surface area contributed by atoms with E-state index < -0.39 is 0 Å². The highest BCUT2D eigenvalue weighted by atomic mass is 79.9. The predicted molar refractivity (Wildman–Crippen MR) is 77.3 cm³/mol. The second-order valence-corrected chi connectivity index (χ2v) is 5.05. The van der Waals surface area contributed by atoms with E-state index in [9.17, 15) is 4.79 Å². The lowest BCUT2D eigenvalue weighted by atomic mass is 10.0. The number of carbonyl (C=O) groups is 1. The third-order valence-electron chi connectivity index (χ3n) is 2.72. The summed E-state index contributed by atoms with van der Waals surface area (Å²) in [6, 6.07) is 5.57. The van der Waals surface area contributed by atoms with Crippen molar-refractivity contribution < 1.29 is 14.3 Å². The fourth-order valence-electron chi connectivity index (χ4n) is 1.62. The summed E-state index contributed by atoms with van der Waals surface area (Å²) in [6.07, 6.45) is 3.23. The van der Waals surface area contributed by atoms with Crippen LogP contribution >= 0.6 is 15.9 Å². The van der Waals surface area contributed by atoms with Crippen LogP contribution in [-0.2, 0) is 9.53 Å². The number of methoxy groups -OCH3 is 1. The van der Waals surface area contributed by atoms with E-state index in [-0.39, 0.29) is 18.5 Å². The molecule has 0 aromatic heterocycles. The maximum atomic E-state index is 11.7. The summed E-state index contributed by atoms with van der Waals surface area (Å²) in [6.45, 7) is 1.99. The second-order valence-electron chi connectivity index (χ2n) is 4.19. The zero-order valence-electron chi connectivity index (χ0n) is 10.7. The van der Waals surface area contributed by atoms with Crippen LogP contribution in [0.5, 0.6) is 5.75 Å². The summed E-state index contributed by atoms with van der Waals surface area (Å²) in [5.74, 6) is 0.567. The molecule has 1 heterocycles. The van der Waals surface area contributed by atoms with Crippen molar-refractivity contribution in [1.29, 1.82) is 0 Å². The molecule has 1 aromatic carbocycles. The largest absolute Gasteiger partial charge is 0.466 e. The number of hydrogen-bond acceptors (Lipinski definition) is 4. The van der Waals surface area contributed by atoms with Gasteiger partial charge in [0.25, 0.3) is 0 Å². The molecule has 0 saturated carbocycles. The van der Waals surface area contributed by atoms with Gasteiger partial charge in [-0.05, 0) is 28.1 Å². The lowest BCUT2D eigenvalue weighted by Crippen LogP contribution is -2.13. The summed E-state index contributed by atoms with van der Waals surface area (Å²) in [7, 11) is 1.56. The number of benzene rings is 1. The first kappa shape index (κ1) is 14.0. The van der Waals surface area contributed by atoms with E-state index in [4.69, 9.17) is 9.47 Å². The van der Waals surface area contributed by atoms with Crippen LogP contribution in [0.1, 0.15) is 12.5 Å². The van der Waals surface area contributed by atoms with Gasteiger partial charge in [0.2, 0.25) is 0 Å². The molecule has 0 amide bonds. The van der Waals surface area contributed by atoms with Gasteiger partial charge in [0.15, 0.2) is 12.6 Å². The summed E-state index contributed by atoms with van der Waals surface area (Å²) >= 11 is 3.40. The maximum absolute atomic E-state index is 11.7. The highest BCUT2D eigenvalue weighted by Gasteiger charge is 2.15. The maximum Gasteiger partial charge on any atom is 0.188 e. The summed E-state index contributed by atoms with van der Waals surface area (Å²) < 4.78 is 11.1. The molecule has 1 aliphatic rings. The molecule has 0 spiro atoms. The molecule has 0 aliphatic carbocycles. The zero-order valence-corrected chi connectivity index (χ0v) is 12.3. The van der Waals surface area contributed by atoms with Crippen molar-refractivity contribution in [1.82, 2.24) is 0 Å². The van der Waals surface area contributed by atoms with Crippen molar-refractivity contribution in [2.45, 2.75) is 6.92 Å². The van der Waals surface area contributed by atoms with Gasteiger partial charge >= 0.3 is 0 Å². The van der Waals surface area contributed by atoms with Crippen molar-refractivity contribution in [3.05, 3.63) is 34.3 Å². The summed E-state index contributed by atoms with van der Waals surface area (Å²) in [5.41, 5.74) is 1.49. The Morgan fingerprint density at radius 1 is 1.42 bits per heavy atom. The fourth-order valence-corrected chi connectivity index (χ4v) is 1.98. The number of allylic oxidation sites excluding steroid dienone is 1. The Hall–Kier alpha value is -1.46. The Bertz CT molecular complexity index is 552. The number of rotatable bonds is 4. The molecular weight excluding hydrogens is 310 g/mol. The average Bonchev–Trinajstić information content (AvgIpc) is 2.41. The van der Waals surface area contributed by atoms with Crippen molar-refractivity contribution in [2.24, 2.45) is 10.9 Å². The molecule has 5 heteroatoms. The van der Waals surface area contributed by atoms with Crippen LogP contribution in [0.2, 0.25) is 0 Å². The number of ether oxygens (including phenoxy) is 2. The van der Waals surface area contributed by atoms with Gasteiger partial charge in [0, 0.05) is 25.0 Å². The minimum Gasteiger partial charge on any atom is -0.466 e. The van der Waals surface area contributed by atoms with E-state index in [1.807, 2.05) is 25.1 Å². The van der Waals surface area contributed by atoms with Crippen LogP contribution in [0.3, 0.4) is 0 Å². The number of carbonyl (C=O) groups excluding carboxylic acids is 1. The van der Waals surface area contributed by atoms with Crippen LogP contribution in [-0.4, -0.2) is 25.9 Å². The van der Waals surface area contributed by atoms with Gasteiger partial charge in [-0.2, -0.15) is 0 Å². The standard InChI is InChI=1S/C14H14BrNO3/c1-9-7-16-12(6-13(9)17)10-3-4-11(15)14(5-10)19-8-18-2/h3-7,9H,8H2,1-2H3. The lowest BCUT2D eigenvalue weighted by molar-refractivity contribution is -0.115. The third-order valence-corrected chi connectivity index (χ3v) is 3.38. The molecule has 0 N–H and O–H groups in total. The number of hydrogen-bond donors (Lipinski definition) is 0. The zero-order chi connectivity index (χ0) is 13.8.